The van der Waals surface area contributed by atoms with Crippen LogP contribution in [0.4, 0.5) is 0 Å². The van der Waals surface area contributed by atoms with E-state index in [-0.39, 0.29) is 0 Å². The Kier molecular flexibility index (Phi) is 5.27. The molecule has 0 unspecified atom stereocenters. The van der Waals surface area contributed by atoms with E-state index in [2.05, 4.69) is 10.1 Å². The Morgan fingerprint density at radius 3 is 2.67 bits per heavy atom. The SMILES string of the molecule is COc1ccc(CSc2noc(-c3cccc(Cl)c3)n2)cc1OC. The number of rotatable bonds is 6. The molecule has 7 heteroatoms. The van der Waals surface area contributed by atoms with Crippen molar-refractivity contribution >= 4 is 23.4 Å². The second kappa shape index (κ2) is 7.59. The lowest BCUT2D eigenvalue weighted by Crippen LogP contribution is -1.92. The van der Waals surface area contributed by atoms with Crippen LogP contribution in [0.3, 0.4) is 0 Å². The van der Waals surface area contributed by atoms with Crippen LogP contribution >= 0.6 is 23.4 Å². The van der Waals surface area contributed by atoms with Gasteiger partial charge in [0.05, 0.1) is 14.2 Å². The van der Waals surface area contributed by atoms with E-state index in [0.717, 1.165) is 11.1 Å². The summed E-state index contributed by atoms with van der Waals surface area (Å²) in [6.07, 6.45) is 0. The molecule has 24 heavy (non-hydrogen) atoms. The van der Waals surface area contributed by atoms with Crippen molar-refractivity contribution in [3.8, 4) is 23.0 Å². The first-order chi connectivity index (χ1) is 11.7. The molecule has 3 aromatic rings. The summed E-state index contributed by atoms with van der Waals surface area (Å²) in [6, 6.07) is 13.1. The van der Waals surface area contributed by atoms with Crippen molar-refractivity contribution in [2.45, 2.75) is 10.9 Å². The molecule has 1 heterocycles. The van der Waals surface area contributed by atoms with Crippen LogP contribution in [-0.4, -0.2) is 24.4 Å². The third-order valence-corrected chi connectivity index (χ3v) is 4.43. The topological polar surface area (TPSA) is 57.4 Å². The van der Waals surface area contributed by atoms with Gasteiger partial charge in [0, 0.05) is 16.3 Å². The normalized spacial score (nSPS) is 10.6. The molecule has 0 bridgehead atoms. The summed E-state index contributed by atoms with van der Waals surface area (Å²) in [5.74, 6) is 2.54. The van der Waals surface area contributed by atoms with E-state index in [1.54, 1.807) is 26.4 Å². The van der Waals surface area contributed by atoms with E-state index >= 15 is 0 Å². The minimum Gasteiger partial charge on any atom is -0.493 e. The van der Waals surface area contributed by atoms with Gasteiger partial charge in [-0.3, -0.25) is 0 Å². The summed E-state index contributed by atoms with van der Waals surface area (Å²) in [5, 5.41) is 5.19. The fourth-order valence-electron chi connectivity index (χ4n) is 2.13. The summed E-state index contributed by atoms with van der Waals surface area (Å²) in [7, 11) is 3.23. The molecule has 0 saturated carbocycles. The fraction of sp³-hybridized carbons (Fsp3) is 0.176. The van der Waals surface area contributed by atoms with Gasteiger partial charge in [-0.25, -0.2) is 0 Å². The standard InChI is InChI=1S/C17H15ClN2O3S/c1-21-14-7-6-11(8-15(14)22-2)10-24-17-19-16(23-20-17)12-4-3-5-13(18)9-12/h3-9H,10H2,1-2H3. The second-order valence-electron chi connectivity index (χ2n) is 4.87. The smallest absolute Gasteiger partial charge is 0.258 e. The molecule has 1 aromatic heterocycles. The second-order valence-corrected chi connectivity index (χ2v) is 6.25. The Bertz CT molecular complexity index is 838. The monoisotopic (exact) mass is 362 g/mol. The zero-order chi connectivity index (χ0) is 16.9. The van der Waals surface area contributed by atoms with Gasteiger partial charge in [0.15, 0.2) is 11.5 Å². The molecule has 0 aliphatic carbocycles. The maximum atomic E-state index is 5.98. The first-order valence-corrected chi connectivity index (χ1v) is 8.49. The largest absolute Gasteiger partial charge is 0.493 e. The van der Waals surface area contributed by atoms with Crippen molar-refractivity contribution in [2.75, 3.05) is 14.2 Å². The van der Waals surface area contributed by atoms with Gasteiger partial charge in [-0.15, -0.1) is 0 Å². The molecule has 0 radical (unpaired) electrons. The van der Waals surface area contributed by atoms with Crippen LogP contribution in [0.5, 0.6) is 11.5 Å². The van der Waals surface area contributed by atoms with Crippen molar-refractivity contribution in [1.82, 2.24) is 10.1 Å². The Morgan fingerprint density at radius 2 is 1.92 bits per heavy atom. The minimum absolute atomic E-state index is 0.451. The average Bonchev–Trinajstić information content (AvgIpc) is 3.08. The van der Waals surface area contributed by atoms with Gasteiger partial charge >= 0.3 is 0 Å². The molecule has 5 nitrogen and oxygen atoms in total. The Balaban J connectivity index is 1.69. The van der Waals surface area contributed by atoms with Crippen LogP contribution in [0.25, 0.3) is 11.5 Å². The van der Waals surface area contributed by atoms with Gasteiger partial charge in [-0.2, -0.15) is 4.98 Å². The maximum absolute atomic E-state index is 5.98. The molecule has 124 valence electrons. The minimum atomic E-state index is 0.451. The number of aromatic nitrogens is 2. The highest BCUT2D eigenvalue weighted by Crippen LogP contribution is 2.31. The highest BCUT2D eigenvalue weighted by Gasteiger charge is 2.11. The van der Waals surface area contributed by atoms with E-state index in [0.29, 0.717) is 33.3 Å². The van der Waals surface area contributed by atoms with Crippen LogP contribution in [-0.2, 0) is 5.75 Å². The van der Waals surface area contributed by atoms with Crippen LogP contribution in [0.15, 0.2) is 52.1 Å². The zero-order valence-electron chi connectivity index (χ0n) is 13.2. The lowest BCUT2D eigenvalue weighted by atomic mass is 10.2. The molecular formula is C17H15ClN2O3S. The Labute approximate surface area is 148 Å². The number of benzene rings is 2. The summed E-state index contributed by atoms with van der Waals surface area (Å²) < 4.78 is 15.8. The van der Waals surface area contributed by atoms with E-state index in [4.69, 9.17) is 25.6 Å². The van der Waals surface area contributed by atoms with Crippen molar-refractivity contribution in [2.24, 2.45) is 0 Å². The number of halogens is 1. The van der Waals surface area contributed by atoms with Gasteiger partial charge < -0.3 is 14.0 Å². The number of hydrogen-bond acceptors (Lipinski definition) is 6. The van der Waals surface area contributed by atoms with Crippen molar-refractivity contribution in [3.63, 3.8) is 0 Å². The molecule has 0 atom stereocenters. The number of thioether (sulfide) groups is 1. The molecule has 2 aromatic carbocycles. The van der Waals surface area contributed by atoms with Gasteiger partial charge in [-0.05, 0) is 41.1 Å². The highest BCUT2D eigenvalue weighted by molar-refractivity contribution is 7.98. The van der Waals surface area contributed by atoms with E-state index in [1.807, 2.05) is 30.3 Å². The average molecular weight is 363 g/mol. The first-order valence-electron chi connectivity index (χ1n) is 7.13. The quantitative estimate of drug-likeness (QED) is 0.592. The van der Waals surface area contributed by atoms with Crippen LogP contribution in [0.1, 0.15) is 5.56 Å². The number of ether oxygens (including phenoxy) is 2. The molecule has 0 amide bonds. The lowest BCUT2D eigenvalue weighted by molar-refractivity contribution is 0.354. The third-order valence-electron chi connectivity index (χ3n) is 3.29. The summed E-state index contributed by atoms with van der Waals surface area (Å²) in [4.78, 5) is 4.38. The van der Waals surface area contributed by atoms with Gasteiger partial charge in [-0.1, -0.05) is 35.5 Å². The molecule has 0 aliphatic rings. The number of nitrogens with zero attached hydrogens (tertiary/aromatic N) is 2. The summed E-state index contributed by atoms with van der Waals surface area (Å²) in [5.41, 5.74) is 1.87. The number of hydrogen-bond donors (Lipinski definition) is 0. The molecule has 0 fully saturated rings. The van der Waals surface area contributed by atoms with E-state index in [1.165, 1.54) is 11.8 Å². The molecule has 0 saturated heterocycles. The fourth-order valence-corrected chi connectivity index (χ4v) is 3.03. The van der Waals surface area contributed by atoms with E-state index in [9.17, 15) is 0 Å². The first kappa shape index (κ1) is 16.7. The predicted octanol–water partition coefficient (Wildman–Crippen LogP) is 4.70. The van der Waals surface area contributed by atoms with E-state index < -0.39 is 0 Å². The van der Waals surface area contributed by atoms with Crippen molar-refractivity contribution in [3.05, 3.63) is 53.1 Å². The van der Waals surface area contributed by atoms with Crippen LogP contribution in [0.2, 0.25) is 5.02 Å². The summed E-state index contributed by atoms with van der Waals surface area (Å²) >= 11 is 7.46. The molecule has 0 spiro atoms. The zero-order valence-corrected chi connectivity index (χ0v) is 14.7. The van der Waals surface area contributed by atoms with Gasteiger partial charge in [0.1, 0.15) is 0 Å². The van der Waals surface area contributed by atoms with Crippen LogP contribution in [0, 0.1) is 0 Å². The third kappa shape index (κ3) is 3.83. The summed E-state index contributed by atoms with van der Waals surface area (Å²) in [6.45, 7) is 0. The van der Waals surface area contributed by atoms with Crippen molar-refractivity contribution in [1.29, 1.82) is 0 Å². The molecular weight excluding hydrogens is 348 g/mol. The lowest BCUT2D eigenvalue weighted by Gasteiger charge is -2.08. The maximum Gasteiger partial charge on any atom is 0.258 e. The molecule has 0 aliphatic heterocycles. The Morgan fingerprint density at radius 1 is 1.08 bits per heavy atom. The van der Waals surface area contributed by atoms with Crippen molar-refractivity contribution < 1.29 is 14.0 Å². The van der Waals surface area contributed by atoms with Gasteiger partial charge in [0.25, 0.3) is 5.89 Å². The Hall–Kier alpha value is -2.18. The predicted molar refractivity (Wildman–Crippen MR) is 93.9 cm³/mol. The molecule has 0 N–H and O–H groups in total. The van der Waals surface area contributed by atoms with Crippen LogP contribution < -0.4 is 9.47 Å². The molecule has 3 rings (SSSR count). The number of methoxy groups -OCH3 is 2. The highest BCUT2D eigenvalue weighted by atomic mass is 35.5. The van der Waals surface area contributed by atoms with Gasteiger partial charge in [0.2, 0.25) is 5.16 Å².